The molecule has 1 fully saturated rings. The largest absolute Gasteiger partial charge is 0.406 e. The average molecular weight is 436 g/mol. The van der Waals surface area contributed by atoms with Crippen LogP contribution in [0, 0.1) is 0 Å². The van der Waals surface area contributed by atoms with E-state index in [1.165, 1.54) is 65.7 Å². The molecular weight excluding hydrogens is 394 g/mol. The molecule has 168 valence electrons. The Labute approximate surface area is 191 Å². The highest BCUT2D eigenvalue weighted by Gasteiger charge is 2.44. The molecule has 0 bridgehead atoms. The maximum absolute atomic E-state index is 7.22. The maximum Gasteiger partial charge on any atom is 0.193 e. The third-order valence-electron chi connectivity index (χ3n) is 8.15. The minimum Gasteiger partial charge on any atom is -0.406 e. The third-order valence-corrected chi connectivity index (χ3v) is 12.6. The number of pyridine rings is 1. The minimum absolute atomic E-state index is 0.0349. The fraction of sp³-hybridized carbons (Fsp3) is 0.607. The Balaban J connectivity index is 1.97. The fourth-order valence-corrected chi connectivity index (χ4v) is 6.60. The third kappa shape index (κ3) is 3.93. The van der Waals surface area contributed by atoms with E-state index in [1.54, 1.807) is 5.56 Å². The van der Waals surface area contributed by atoms with Crippen molar-refractivity contribution in [3.63, 3.8) is 0 Å². The Kier molecular flexibility index (Phi) is 6.22. The molecule has 0 saturated heterocycles. The lowest BCUT2D eigenvalue weighted by molar-refractivity contribution is 0.224. The Morgan fingerprint density at radius 1 is 0.968 bits per heavy atom. The van der Waals surface area contributed by atoms with Crippen molar-refractivity contribution in [1.29, 1.82) is 0 Å². The first-order chi connectivity index (χ1) is 14.7. The molecule has 2 nitrogen and oxygen atoms in total. The van der Waals surface area contributed by atoms with Gasteiger partial charge >= 0.3 is 0 Å². The predicted molar refractivity (Wildman–Crippen MR) is 134 cm³/mol. The quantitative estimate of drug-likeness (QED) is 0.440. The van der Waals surface area contributed by atoms with Gasteiger partial charge < -0.3 is 4.43 Å². The highest BCUT2D eigenvalue weighted by molar-refractivity contribution is 6.74. The molecule has 0 aliphatic heterocycles. The molecule has 2 aromatic rings. The second kappa shape index (κ2) is 8.48. The average Bonchev–Trinajstić information content (AvgIpc) is 3.05. The Morgan fingerprint density at radius 2 is 1.65 bits per heavy atom. The normalized spacial score (nSPS) is 19.4. The highest BCUT2D eigenvalue weighted by Crippen LogP contribution is 2.53. The molecule has 0 spiro atoms. The molecule has 1 aromatic carbocycles. The topological polar surface area (TPSA) is 22.1 Å². The van der Waals surface area contributed by atoms with Crippen molar-refractivity contribution in [3.05, 3.63) is 52.2 Å². The minimum atomic E-state index is -1.96. The van der Waals surface area contributed by atoms with E-state index in [-0.39, 0.29) is 11.1 Å². The van der Waals surface area contributed by atoms with Gasteiger partial charge in [0.25, 0.3) is 0 Å². The molecule has 0 amide bonds. The van der Waals surface area contributed by atoms with Crippen LogP contribution < -0.4 is 0 Å². The van der Waals surface area contributed by atoms with Crippen molar-refractivity contribution in [1.82, 2.24) is 4.98 Å². The van der Waals surface area contributed by atoms with Crippen LogP contribution in [0.3, 0.4) is 0 Å². The number of nitrogens with zero attached hydrogens (tertiary/aromatic N) is 1. The zero-order valence-electron chi connectivity index (χ0n) is 20.8. The monoisotopic (exact) mass is 435 g/mol. The van der Waals surface area contributed by atoms with Gasteiger partial charge in [-0.25, -0.2) is 0 Å². The van der Waals surface area contributed by atoms with Gasteiger partial charge in [0.2, 0.25) is 0 Å². The van der Waals surface area contributed by atoms with Crippen LogP contribution in [0.25, 0.3) is 11.3 Å². The lowest BCUT2D eigenvalue weighted by atomic mass is 9.78. The van der Waals surface area contributed by atoms with Crippen molar-refractivity contribution >= 4 is 8.32 Å². The Hall–Kier alpha value is -1.45. The second-order valence-corrected chi connectivity index (χ2v) is 15.9. The van der Waals surface area contributed by atoms with E-state index < -0.39 is 8.32 Å². The molecule has 1 heterocycles. The first-order valence-corrected chi connectivity index (χ1v) is 15.4. The Morgan fingerprint density at radius 3 is 2.26 bits per heavy atom. The molecule has 1 atom stereocenters. The first-order valence-electron chi connectivity index (χ1n) is 12.5. The molecular formula is C28H41NOSi. The summed E-state index contributed by atoms with van der Waals surface area (Å²) in [5.41, 5.74) is 9.72. The molecule has 3 heteroatoms. The second-order valence-electron chi connectivity index (χ2n) is 11.1. The first kappa shape index (κ1) is 22.7. The standard InChI is InChI=1S/C28H41NOSi/c1-8-20-23(9-2)29-26-21-17-13-14-18-22(21)27(30-31(6,7)28(3,4)5)25(26)24(20)19-15-11-10-12-16-19/h13-14,17-19,27H,8-12,15-16H2,1-7H3. The molecule has 0 N–H and O–H groups in total. The summed E-state index contributed by atoms with van der Waals surface area (Å²) in [5, 5.41) is 0.181. The number of hydrogen-bond donors (Lipinski definition) is 0. The fourth-order valence-electron chi connectivity index (χ4n) is 5.41. The van der Waals surface area contributed by atoms with E-state index in [0.717, 1.165) is 12.8 Å². The number of benzene rings is 1. The lowest BCUT2D eigenvalue weighted by Gasteiger charge is -2.39. The van der Waals surface area contributed by atoms with Crippen LogP contribution in [0.5, 0.6) is 0 Å². The van der Waals surface area contributed by atoms with Crippen LogP contribution in [0.4, 0.5) is 0 Å². The van der Waals surface area contributed by atoms with E-state index in [0.29, 0.717) is 5.92 Å². The summed E-state index contributed by atoms with van der Waals surface area (Å²) in [6.45, 7) is 16.4. The summed E-state index contributed by atoms with van der Waals surface area (Å²) >= 11 is 0. The number of rotatable bonds is 5. The van der Waals surface area contributed by atoms with Crippen molar-refractivity contribution < 1.29 is 4.43 Å². The zero-order valence-corrected chi connectivity index (χ0v) is 21.8. The van der Waals surface area contributed by atoms with Crippen molar-refractivity contribution in [2.24, 2.45) is 0 Å². The molecule has 1 aromatic heterocycles. The van der Waals surface area contributed by atoms with Crippen molar-refractivity contribution in [2.75, 3.05) is 0 Å². The van der Waals surface area contributed by atoms with Gasteiger partial charge in [-0.2, -0.15) is 0 Å². The van der Waals surface area contributed by atoms with Crippen LogP contribution in [0.1, 0.15) is 107 Å². The molecule has 1 unspecified atom stereocenters. The molecule has 2 aliphatic carbocycles. The van der Waals surface area contributed by atoms with Gasteiger partial charge in [-0.3, -0.25) is 4.98 Å². The number of hydrogen-bond acceptors (Lipinski definition) is 2. The van der Waals surface area contributed by atoms with Gasteiger partial charge in [-0.1, -0.05) is 78.1 Å². The van der Waals surface area contributed by atoms with Gasteiger partial charge in [0.05, 0.1) is 11.8 Å². The van der Waals surface area contributed by atoms with Crippen LogP contribution in [0.2, 0.25) is 18.1 Å². The Bertz CT molecular complexity index is 950. The summed E-state index contributed by atoms with van der Waals surface area (Å²) in [5.74, 6) is 0.658. The maximum atomic E-state index is 7.22. The summed E-state index contributed by atoms with van der Waals surface area (Å²) in [7, 11) is -1.96. The summed E-state index contributed by atoms with van der Waals surface area (Å²) in [4.78, 5) is 5.32. The highest BCUT2D eigenvalue weighted by atomic mass is 28.4. The lowest BCUT2D eigenvalue weighted by Crippen LogP contribution is -2.42. The van der Waals surface area contributed by atoms with Crippen molar-refractivity contribution in [3.8, 4) is 11.3 Å². The number of aryl methyl sites for hydroxylation is 1. The van der Waals surface area contributed by atoms with E-state index in [9.17, 15) is 0 Å². The molecule has 2 aliphatic rings. The summed E-state index contributed by atoms with van der Waals surface area (Å²) in [6, 6.07) is 8.90. The molecule has 4 rings (SSSR count). The van der Waals surface area contributed by atoms with Gasteiger partial charge in [0, 0.05) is 16.8 Å². The molecule has 0 radical (unpaired) electrons. The van der Waals surface area contributed by atoms with E-state index in [4.69, 9.17) is 9.41 Å². The van der Waals surface area contributed by atoms with Crippen LogP contribution in [0.15, 0.2) is 24.3 Å². The van der Waals surface area contributed by atoms with Gasteiger partial charge in [-0.15, -0.1) is 0 Å². The van der Waals surface area contributed by atoms with Crippen LogP contribution in [-0.4, -0.2) is 13.3 Å². The number of aromatic nitrogens is 1. The van der Waals surface area contributed by atoms with Crippen LogP contribution in [-0.2, 0) is 17.3 Å². The molecule has 1 saturated carbocycles. The molecule has 31 heavy (non-hydrogen) atoms. The van der Waals surface area contributed by atoms with Crippen LogP contribution >= 0.6 is 0 Å². The smallest absolute Gasteiger partial charge is 0.193 e. The summed E-state index contributed by atoms with van der Waals surface area (Å²) in [6.07, 6.45) is 8.83. The van der Waals surface area contributed by atoms with E-state index >= 15 is 0 Å². The summed E-state index contributed by atoms with van der Waals surface area (Å²) < 4.78 is 7.22. The van der Waals surface area contributed by atoms with Gasteiger partial charge in [0.1, 0.15) is 0 Å². The predicted octanol–water partition coefficient (Wildman–Crippen LogP) is 8.35. The SMILES string of the molecule is CCc1nc2c(c(C3CCCCC3)c1CC)C(O[Si](C)(C)C(C)(C)C)c1ccccc1-2. The van der Waals surface area contributed by atoms with E-state index in [1.807, 2.05) is 0 Å². The van der Waals surface area contributed by atoms with E-state index in [2.05, 4.69) is 72.0 Å². The van der Waals surface area contributed by atoms with Crippen molar-refractivity contribution in [2.45, 2.75) is 110 Å². The number of fused-ring (bicyclic) bond motifs is 3. The van der Waals surface area contributed by atoms with Gasteiger partial charge in [0.15, 0.2) is 8.32 Å². The zero-order chi connectivity index (χ0) is 22.4. The van der Waals surface area contributed by atoms with Gasteiger partial charge in [-0.05, 0) is 66.4 Å².